The molecule has 0 unspecified atom stereocenters. The molecule has 11 heavy (non-hydrogen) atoms. The van der Waals surface area contributed by atoms with Gasteiger partial charge < -0.3 is 4.90 Å². The molecule has 0 saturated heterocycles. The SMILES string of the molecule is C=C(C)CCCN(C)C(C)C. The normalized spacial score (nSPS) is 11.1. The lowest BCUT2D eigenvalue weighted by Crippen LogP contribution is -2.27. The van der Waals surface area contributed by atoms with Crippen molar-refractivity contribution in [1.29, 1.82) is 0 Å². The maximum Gasteiger partial charge on any atom is 0.00355 e. The van der Waals surface area contributed by atoms with Crippen molar-refractivity contribution in [1.82, 2.24) is 4.90 Å². The van der Waals surface area contributed by atoms with E-state index >= 15 is 0 Å². The highest BCUT2D eigenvalue weighted by atomic mass is 15.1. The first-order chi connectivity index (χ1) is 5.04. The van der Waals surface area contributed by atoms with E-state index in [1.54, 1.807) is 0 Å². The minimum absolute atomic E-state index is 0.667. The first-order valence-corrected chi connectivity index (χ1v) is 4.38. The van der Waals surface area contributed by atoms with E-state index in [2.05, 4.69) is 39.3 Å². The van der Waals surface area contributed by atoms with Crippen molar-refractivity contribution in [2.45, 2.75) is 39.7 Å². The van der Waals surface area contributed by atoms with E-state index in [9.17, 15) is 0 Å². The maximum absolute atomic E-state index is 3.88. The summed E-state index contributed by atoms with van der Waals surface area (Å²) in [6.07, 6.45) is 2.40. The molecule has 0 saturated carbocycles. The van der Waals surface area contributed by atoms with Crippen LogP contribution in [-0.2, 0) is 0 Å². The second kappa shape index (κ2) is 5.36. The van der Waals surface area contributed by atoms with Crippen LogP contribution in [0.15, 0.2) is 12.2 Å². The molecule has 0 aliphatic carbocycles. The van der Waals surface area contributed by atoms with Crippen LogP contribution in [0.4, 0.5) is 0 Å². The molecule has 0 bridgehead atoms. The molecular weight excluding hydrogens is 134 g/mol. The average Bonchev–Trinajstić information content (AvgIpc) is 1.86. The summed E-state index contributed by atoms with van der Waals surface area (Å²) >= 11 is 0. The molecule has 0 amide bonds. The van der Waals surface area contributed by atoms with Gasteiger partial charge in [-0.05, 0) is 47.2 Å². The van der Waals surface area contributed by atoms with Crippen LogP contribution in [0.1, 0.15) is 33.6 Å². The van der Waals surface area contributed by atoms with Crippen molar-refractivity contribution in [2.75, 3.05) is 13.6 Å². The van der Waals surface area contributed by atoms with E-state index in [4.69, 9.17) is 0 Å². The molecule has 0 rings (SSSR count). The van der Waals surface area contributed by atoms with Gasteiger partial charge in [0.05, 0.1) is 0 Å². The third kappa shape index (κ3) is 6.11. The van der Waals surface area contributed by atoms with Gasteiger partial charge in [-0.1, -0.05) is 5.57 Å². The Labute approximate surface area is 71.1 Å². The highest BCUT2D eigenvalue weighted by Crippen LogP contribution is 2.03. The summed E-state index contributed by atoms with van der Waals surface area (Å²) in [7, 11) is 2.17. The van der Waals surface area contributed by atoms with Crippen molar-refractivity contribution in [2.24, 2.45) is 0 Å². The lowest BCUT2D eigenvalue weighted by molar-refractivity contribution is 0.271. The Morgan fingerprint density at radius 1 is 1.45 bits per heavy atom. The Morgan fingerprint density at radius 3 is 2.36 bits per heavy atom. The number of hydrogen-bond donors (Lipinski definition) is 0. The molecule has 0 spiro atoms. The van der Waals surface area contributed by atoms with Crippen LogP contribution in [0.2, 0.25) is 0 Å². The lowest BCUT2D eigenvalue weighted by Gasteiger charge is -2.20. The fraction of sp³-hybridized carbons (Fsp3) is 0.800. The molecule has 0 radical (unpaired) electrons. The molecule has 0 atom stereocenters. The second-order valence-corrected chi connectivity index (χ2v) is 3.64. The van der Waals surface area contributed by atoms with Gasteiger partial charge in [0.2, 0.25) is 0 Å². The number of nitrogens with zero attached hydrogens (tertiary/aromatic N) is 1. The third-order valence-corrected chi connectivity index (χ3v) is 2.00. The summed E-state index contributed by atoms with van der Waals surface area (Å²) in [5.74, 6) is 0. The highest BCUT2D eigenvalue weighted by Gasteiger charge is 2.01. The zero-order chi connectivity index (χ0) is 8.85. The van der Waals surface area contributed by atoms with Crippen LogP contribution in [0.25, 0.3) is 0 Å². The zero-order valence-corrected chi connectivity index (χ0v) is 8.35. The summed E-state index contributed by atoms with van der Waals surface area (Å²) < 4.78 is 0. The largest absolute Gasteiger partial charge is 0.304 e. The van der Waals surface area contributed by atoms with Gasteiger partial charge in [0.25, 0.3) is 0 Å². The van der Waals surface area contributed by atoms with Gasteiger partial charge in [0.1, 0.15) is 0 Å². The van der Waals surface area contributed by atoms with Crippen molar-refractivity contribution in [3.05, 3.63) is 12.2 Å². The molecule has 0 heterocycles. The lowest BCUT2D eigenvalue weighted by atomic mass is 10.2. The summed E-state index contributed by atoms with van der Waals surface area (Å²) in [6.45, 7) is 11.6. The molecule has 0 aliphatic heterocycles. The van der Waals surface area contributed by atoms with E-state index in [1.165, 1.54) is 18.5 Å². The quantitative estimate of drug-likeness (QED) is 0.552. The fourth-order valence-electron chi connectivity index (χ4n) is 0.888. The van der Waals surface area contributed by atoms with Crippen LogP contribution >= 0.6 is 0 Å². The molecule has 0 aromatic heterocycles. The van der Waals surface area contributed by atoms with Gasteiger partial charge in [-0.2, -0.15) is 0 Å². The smallest absolute Gasteiger partial charge is 0.00355 e. The molecule has 0 aromatic carbocycles. The average molecular weight is 155 g/mol. The van der Waals surface area contributed by atoms with E-state index in [0.717, 1.165) is 6.42 Å². The molecule has 66 valence electrons. The van der Waals surface area contributed by atoms with E-state index in [0.29, 0.717) is 6.04 Å². The van der Waals surface area contributed by atoms with Gasteiger partial charge in [-0.15, -0.1) is 6.58 Å². The van der Waals surface area contributed by atoms with Gasteiger partial charge in [-0.25, -0.2) is 0 Å². The maximum atomic E-state index is 3.88. The van der Waals surface area contributed by atoms with Crippen molar-refractivity contribution < 1.29 is 0 Å². The number of rotatable bonds is 5. The molecule has 0 N–H and O–H groups in total. The summed E-state index contributed by atoms with van der Waals surface area (Å²) in [5.41, 5.74) is 1.29. The third-order valence-electron chi connectivity index (χ3n) is 2.00. The van der Waals surface area contributed by atoms with Crippen molar-refractivity contribution in [3.8, 4) is 0 Å². The van der Waals surface area contributed by atoms with E-state index < -0.39 is 0 Å². The number of hydrogen-bond acceptors (Lipinski definition) is 1. The minimum Gasteiger partial charge on any atom is -0.304 e. The van der Waals surface area contributed by atoms with Crippen molar-refractivity contribution >= 4 is 0 Å². The standard InChI is InChI=1S/C10H21N/c1-9(2)7-6-8-11(5)10(3)4/h10H,1,6-8H2,2-5H3. The Bertz CT molecular complexity index is 116. The molecule has 1 nitrogen and oxygen atoms in total. The van der Waals surface area contributed by atoms with Gasteiger partial charge in [0, 0.05) is 6.04 Å². The van der Waals surface area contributed by atoms with Gasteiger partial charge >= 0.3 is 0 Å². The van der Waals surface area contributed by atoms with Crippen LogP contribution < -0.4 is 0 Å². The highest BCUT2D eigenvalue weighted by molar-refractivity contribution is 4.87. The Balaban J connectivity index is 3.31. The summed E-state index contributed by atoms with van der Waals surface area (Å²) in [6, 6.07) is 0.667. The molecular formula is C10H21N. The predicted octanol–water partition coefficient (Wildman–Crippen LogP) is 2.68. The van der Waals surface area contributed by atoms with E-state index in [-0.39, 0.29) is 0 Å². The monoisotopic (exact) mass is 155 g/mol. The molecule has 0 aromatic rings. The first kappa shape index (κ1) is 10.7. The minimum atomic E-state index is 0.667. The topological polar surface area (TPSA) is 3.24 Å². The Kier molecular flexibility index (Phi) is 5.22. The number of allylic oxidation sites excluding steroid dienone is 1. The van der Waals surface area contributed by atoms with E-state index in [1.807, 2.05) is 0 Å². The van der Waals surface area contributed by atoms with Crippen LogP contribution in [0.5, 0.6) is 0 Å². The molecule has 0 aliphatic rings. The molecule has 0 fully saturated rings. The van der Waals surface area contributed by atoms with Crippen molar-refractivity contribution in [3.63, 3.8) is 0 Å². The van der Waals surface area contributed by atoms with Crippen LogP contribution in [0.3, 0.4) is 0 Å². The summed E-state index contributed by atoms with van der Waals surface area (Å²) in [4.78, 5) is 2.36. The van der Waals surface area contributed by atoms with Gasteiger partial charge in [0.15, 0.2) is 0 Å². The summed E-state index contributed by atoms with van der Waals surface area (Å²) in [5, 5.41) is 0. The Hall–Kier alpha value is -0.300. The fourth-order valence-corrected chi connectivity index (χ4v) is 0.888. The van der Waals surface area contributed by atoms with Crippen LogP contribution in [0, 0.1) is 0 Å². The second-order valence-electron chi connectivity index (χ2n) is 3.64. The molecule has 1 heteroatoms. The first-order valence-electron chi connectivity index (χ1n) is 4.38. The predicted molar refractivity (Wildman–Crippen MR) is 51.8 cm³/mol. The Morgan fingerprint density at radius 2 is 2.00 bits per heavy atom. The van der Waals surface area contributed by atoms with Gasteiger partial charge in [-0.3, -0.25) is 0 Å². The zero-order valence-electron chi connectivity index (χ0n) is 8.35. The van der Waals surface area contributed by atoms with Crippen LogP contribution in [-0.4, -0.2) is 24.5 Å².